The van der Waals surface area contributed by atoms with Gasteiger partial charge in [-0.3, -0.25) is 4.79 Å². The molecule has 0 aromatic carbocycles. The van der Waals surface area contributed by atoms with E-state index in [1.54, 1.807) is 6.20 Å². The predicted molar refractivity (Wildman–Crippen MR) is 58.4 cm³/mol. The first kappa shape index (κ1) is 11.0. The number of hydrogen-bond donors (Lipinski definition) is 1. The largest absolute Gasteiger partial charge is 0.347 e. The van der Waals surface area contributed by atoms with Crippen LogP contribution in [0.1, 0.15) is 19.8 Å². The molecule has 0 fully saturated rings. The molecule has 0 radical (unpaired) electrons. The lowest BCUT2D eigenvalue weighted by atomic mass is 10.3. The van der Waals surface area contributed by atoms with Crippen LogP contribution in [0.3, 0.4) is 0 Å². The first-order valence-corrected chi connectivity index (χ1v) is 5.51. The highest BCUT2D eigenvalue weighted by atomic mass is 32.2. The smallest absolute Gasteiger partial charge is 0.285 e. The van der Waals surface area contributed by atoms with Gasteiger partial charge in [0.15, 0.2) is 0 Å². The number of aromatic nitrogens is 1. The number of thioether (sulfide) groups is 1. The highest BCUT2D eigenvalue weighted by Gasteiger charge is 2.02. The van der Waals surface area contributed by atoms with Gasteiger partial charge in [0.05, 0.1) is 0 Å². The molecule has 0 aliphatic rings. The Morgan fingerprint density at radius 1 is 1.57 bits per heavy atom. The minimum Gasteiger partial charge on any atom is -0.347 e. The van der Waals surface area contributed by atoms with Crippen LogP contribution < -0.4 is 5.32 Å². The Morgan fingerprint density at radius 3 is 3.07 bits per heavy atom. The Morgan fingerprint density at radius 2 is 2.43 bits per heavy atom. The average Bonchev–Trinajstić information content (AvgIpc) is 2.20. The monoisotopic (exact) mass is 210 g/mol. The zero-order valence-corrected chi connectivity index (χ0v) is 9.01. The third kappa shape index (κ3) is 4.28. The van der Waals surface area contributed by atoms with Crippen molar-refractivity contribution in [3.63, 3.8) is 0 Å². The van der Waals surface area contributed by atoms with Crippen molar-refractivity contribution in [3.8, 4) is 0 Å². The van der Waals surface area contributed by atoms with Gasteiger partial charge in [0.1, 0.15) is 5.03 Å². The molecule has 76 valence electrons. The third-order valence-electron chi connectivity index (χ3n) is 1.63. The summed E-state index contributed by atoms with van der Waals surface area (Å²) in [6.45, 7) is 2.84. The standard InChI is InChI=1S/C10H14N2OS/c1-2-3-7-12-10(13)14-9-6-4-5-8-11-9/h4-6,8H,2-3,7H2,1H3,(H,12,13). The van der Waals surface area contributed by atoms with Gasteiger partial charge >= 0.3 is 0 Å². The molecule has 0 bridgehead atoms. The molecule has 0 saturated carbocycles. The normalized spacial score (nSPS) is 9.79. The van der Waals surface area contributed by atoms with Crippen molar-refractivity contribution in [2.45, 2.75) is 24.8 Å². The Kier molecular flexibility index (Phi) is 5.07. The molecule has 1 rings (SSSR count). The number of amides is 1. The molecule has 0 atom stereocenters. The van der Waals surface area contributed by atoms with E-state index in [1.165, 1.54) is 0 Å². The molecule has 0 saturated heterocycles. The van der Waals surface area contributed by atoms with Crippen molar-refractivity contribution < 1.29 is 4.79 Å². The molecule has 0 spiro atoms. The van der Waals surface area contributed by atoms with Gasteiger partial charge in [-0.2, -0.15) is 0 Å². The Balaban J connectivity index is 2.27. The molecule has 1 amide bonds. The lowest BCUT2D eigenvalue weighted by molar-refractivity contribution is 0.260. The third-order valence-corrected chi connectivity index (χ3v) is 2.42. The molecule has 0 aliphatic heterocycles. The number of carbonyl (C=O) groups is 1. The van der Waals surface area contributed by atoms with Crippen LogP contribution in [-0.4, -0.2) is 16.8 Å². The first-order valence-electron chi connectivity index (χ1n) is 4.69. The van der Waals surface area contributed by atoms with E-state index in [-0.39, 0.29) is 5.24 Å². The van der Waals surface area contributed by atoms with Crippen molar-refractivity contribution in [1.29, 1.82) is 0 Å². The van der Waals surface area contributed by atoms with E-state index >= 15 is 0 Å². The predicted octanol–water partition coefficient (Wildman–Crippen LogP) is 2.68. The van der Waals surface area contributed by atoms with Crippen LogP contribution in [0.2, 0.25) is 0 Å². The van der Waals surface area contributed by atoms with Crippen molar-refractivity contribution in [3.05, 3.63) is 24.4 Å². The highest BCUT2D eigenvalue weighted by molar-refractivity contribution is 8.13. The molecule has 4 heteroatoms. The number of unbranched alkanes of at least 4 members (excludes halogenated alkanes) is 1. The quantitative estimate of drug-likeness (QED) is 0.613. The number of nitrogens with zero attached hydrogens (tertiary/aromatic N) is 1. The Hall–Kier alpha value is -1.03. The second-order valence-electron chi connectivity index (χ2n) is 2.84. The molecule has 0 aliphatic carbocycles. The summed E-state index contributed by atoms with van der Waals surface area (Å²) in [5, 5.41) is 3.52. The number of carbonyl (C=O) groups excluding carboxylic acids is 1. The summed E-state index contributed by atoms with van der Waals surface area (Å²) in [7, 11) is 0. The molecule has 1 aromatic rings. The van der Waals surface area contributed by atoms with E-state index in [9.17, 15) is 4.79 Å². The van der Waals surface area contributed by atoms with E-state index < -0.39 is 0 Å². The maximum absolute atomic E-state index is 11.3. The second-order valence-corrected chi connectivity index (χ2v) is 3.83. The summed E-state index contributed by atoms with van der Waals surface area (Å²) in [5.41, 5.74) is 0. The summed E-state index contributed by atoms with van der Waals surface area (Å²) in [5.74, 6) is 0. The van der Waals surface area contributed by atoms with E-state index in [4.69, 9.17) is 0 Å². The number of nitrogens with one attached hydrogen (secondary N) is 1. The molecule has 1 N–H and O–H groups in total. The molecule has 14 heavy (non-hydrogen) atoms. The van der Waals surface area contributed by atoms with Crippen LogP contribution in [0, 0.1) is 0 Å². The number of hydrogen-bond acceptors (Lipinski definition) is 3. The van der Waals surface area contributed by atoms with Crippen LogP contribution in [0.25, 0.3) is 0 Å². The summed E-state index contributed by atoms with van der Waals surface area (Å²) in [6, 6.07) is 5.53. The van der Waals surface area contributed by atoms with Gasteiger partial charge in [0.25, 0.3) is 5.24 Å². The summed E-state index contributed by atoms with van der Waals surface area (Å²) < 4.78 is 0. The van der Waals surface area contributed by atoms with Gasteiger partial charge < -0.3 is 5.32 Å². The summed E-state index contributed by atoms with van der Waals surface area (Å²) in [4.78, 5) is 15.3. The summed E-state index contributed by atoms with van der Waals surface area (Å²) >= 11 is 1.13. The highest BCUT2D eigenvalue weighted by Crippen LogP contribution is 2.14. The Bertz CT molecular complexity index is 277. The van der Waals surface area contributed by atoms with Crippen molar-refractivity contribution in [2.75, 3.05) is 6.54 Å². The second kappa shape index (κ2) is 6.43. The van der Waals surface area contributed by atoms with Gasteiger partial charge in [0, 0.05) is 12.7 Å². The minimum absolute atomic E-state index is 0.0304. The molecular formula is C10H14N2OS. The summed E-state index contributed by atoms with van der Waals surface area (Å²) in [6.07, 6.45) is 3.80. The lowest BCUT2D eigenvalue weighted by Crippen LogP contribution is -2.19. The molecular weight excluding hydrogens is 196 g/mol. The zero-order chi connectivity index (χ0) is 10.2. The first-order chi connectivity index (χ1) is 6.83. The van der Waals surface area contributed by atoms with Gasteiger partial charge in [-0.15, -0.1) is 0 Å². The van der Waals surface area contributed by atoms with E-state index in [1.807, 2.05) is 18.2 Å². The van der Waals surface area contributed by atoms with Crippen LogP contribution in [0.4, 0.5) is 4.79 Å². The molecule has 0 unspecified atom stereocenters. The van der Waals surface area contributed by atoms with E-state index in [0.29, 0.717) is 0 Å². The molecule has 3 nitrogen and oxygen atoms in total. The fraction of sp³-hybridized carbons (Fsp3) is 0.400. The fourth-order valence-corrected chi connectivity index (χ4v) is 1.53. The lowest BCUT2D eigenvalue weighted by Gasteiger charge is -2.02. The van der Waals surface area contributed by atoms with Crippen molar-refractivity contribution >= 4 is 17.0 Å². The van der Waals surface area contributed by atoms with Crippen molar-refractivity contribution in [1.82, 2.24) is 10.3 Å². The van der Waals surface area contributed by atoms with Crippen LogP contribution in [0.5, 0.6) is 0 Å². The topological polar surface area (TPSA) is 42.0 Å². The van der Waals surface area contributed by atoms with E-state index in [0.717, 1.165) is 36.2 Å². The van der Waals surface area contributed by atoms with Crippen molar-refractivity contribution in [2.24, 2.45) is 0 Å². The van der Waals surface area contributed by atoms with Gasteiger partial charge in [-0.1, -0.05) is 19.4 Å². The number of pyridine rings is 1. The fourth-order valence-electron chi connectivity index (χ4n) is 0.906. The van der Waals surface area contributed by atoms with Gasteiger partial charge in [-0.25, -0.2) is 4.98 Å². The van der Waals surface area contributed by atoms with E-state index in [2.05, 4.69) is 17.2 Å². The maximum atomic E-state index is 11.3. The van der Waals surface area contributed by atoms with Crippen LogP contribution in [-0.2, 0) is 0 Å². The average molecular weight is 210 g/mol. The SMILES string of the molecule is CCCCNC(=O)Sc1ccccn1. The minimum atomic E-state index is -0.0304. The molecule has 1 aromatic heterocycles. The van der Waals surface area contributed by atoms with Gasteiger partial charge in [0.2, 0.25) is 0 Å². The van der Waals surface area contributed by atoms with Gasteiger partial charge in [-0.05, 0) is 30.3 Å². The zero-order valence-electron chi connectivity index (χ0n) is 8.19. The Labute approximate surface area is 88.3 Å². The van der Waals surface area contributed by atoms with Crippen LogP contribution in [0.15, 0.2) is 29.4 Å². The molecule has 1 heterocycles. The maximum Gasteiger partial charge on any atom is 0.285 e. The van der Waals surface area contributed by atoms with Crippen LogP contribution >= 0.6 is 11.8 Å². The number of rotatable bonds is 4.